The highest BCUT2D eigenvalue weighted by Gasteiger charge is 2.46. The van der Waals surface area contributed by atoms with Crippen molar-refractivity contribution in [2.75, 3.05) is 73.3 Å². The van der Waals surface area contributed by atoms with Gasteiger partial charge in [0.2, 0.25) is 17.8 Å². The minimum atomic E-state index is -1.02. The number of halogens is 1. The molecule has 0 radical (unpaired) electrons. The Morgan fingerprint density at radius 2 is 1.75 bits per heavy atom. The fourth-order valence-corrected chi connectivity index (χ4v) is 7.50. The number of carbonyl (C=O) groups is 4. The first-order valence-corrected chi connectivity index (χ1v) is 19.6. The number of anilines is 6. The van der Waals surface area contributed by atoms with E-state index in [0.29, 0.717) is 52.0 Å². The smallest absolute Gasteiger partial charge is 0.266 e. The molecule has 0 spiro atoms. The van der Waals surface area contributed by atoms with Crippen molar-refractivity contribution in [3.8, 4) is 11.5 Å². The third kappa shape index (κ3) is 8.65. The monoisotopic (exact) mass is 815 g/mol. The summed E-state index contributed by atoms with van der Waals surface area (Å²) in [7, 11) is 3.32. The van der Waals surface area contributed by atoms with Gasteiger partial charge < -0.3 is 25.0 Å². The third-order valence-electron chi connectivity index (χ3n) is 10.1. The number of ether oxygens (including phenoxy) is 2. The number of para-hydroxylation sites is 2. The van der Waals surface area contributed by atoms with Crippen LogP contribution < -0.4 is 34.6 Å². The number of hydrogen-bond donors (Lipinski definition) is 4. The highest BCUT2D eigenvalue weighted by Crippen LogP contribution is 2.36. The second-order valence-corrected chi connectivity index (χ2v) is 14.8. The highest BCUT2D eigenvalue weighted by atomic mass is 35.5. The number of nitrogens with zero attached hydrogens (tertiary/aromatic N) is 6. The van der Waals surface area contributed by atoms with E-state index >= 15 is 0 Å². The molecule has 298 valence electrons. The maximum Gasteiger partial charge on any atom is 0.266 e. The summed E-state index contributed by atoms with van der Waals surface area (Å²) in [6.07, 6.45) is 3.29. The molecule has 4 amide bonds. The van der Waals surface area contributed by atoms with E-state index in [-0.39, 0.29) is 35.8 Å². The summed E-state index contributed by atoms with van der Waals surface area (Å²) in [4.78, 5) is 65.1. The Bertz CT molecular complexity index is 2200. The van der Waals surface area contributed by atoms with Gasteiger partial charge in [-0.1, -0.05) is 29.8 Å². The number of benzene rings is 3. The molecule has 16 nitrogen and oxygen atoms in total. The van der Waals surface area contributed by atoms with E-state index in [1.807, 2.05) is 42.5 Å². The molecule has 0 aliphatic carbocycles. The first kappa shape index (κ1) is 39.5. The summed E-state index contributed by atoms with van der Waals surface area (Å²) in [6, 6.07) is 17.2. The van der Waals surface area contributed by atoms with Crippen molar-refractivity contribution in [3.05, 3.63) is 83.0 Å². The molecule has 1 unspecified atom stereocenters. The number of piperazine rings is 1. The largest absolute Gasteiger partial charge is 0.494 e. The second kappa shape index (κ2) is 17.6. The standard InChI is InChI=1S/C39H42ClN9O7S/c1-46(57-54)29-10-4-3-9-27(29)42-35-26(40)23-41-39(45-35)43-28-13-12-24(22-32(28)55-2)48-19-17-47(18-20-48)16-5-6-21-56-31-11-7-8-25-34(31)38(53)49(37(25)52)30-14-15-33(50)44-36(30)51/h3-4,7-13,22-23,30,57H,5-6,14-21H2,1-2H3,(H,44,50,51)(H2,41,42,43,45). The van der Waals surface area contributed by atoms with E-state index in [1.165, 1.54) is 6.20 Å². The molecule has 2 saturated heterocycles. The summed E-state index contributed by atoms with van der Waals surface area (Å²) in [6.45, 7) is 4.67. The Morgan fingerprint density at radius 3 is 2.53 bits per heavy atom. The van der Waals surface area contributed by atoms with Gasteiger partial charge in [0.05, 0.1) is 48.1 Å². The van der Waals surface area contributed by atoms with Gasteiger partial charge in [0.15, 0.2) is 5.82 Å². The maximum atomic E-state index is 13.3. The van der Waals surface area contributed by atoms with Gasteiger partial charge in [-0.05, 0) is 62.2 Å². The number of imide groups is 2. The van der Waals surface area contributed by atoms with Crippen LogP contribution in [-0.4, -0.2) is 107 Å². The molecule has 0 saturated carbocycles. The summed E-state index contributed by atoms with van der Waals surface area (Å²) >= 11 is 6.29. The molecule has 3 aliphatic rings. The number of rotatable bonds is 15. The molecule has 1 atom stereocenters. The zero-order chi connectivity index (χ0) is 40.1. The van der Waals surface area contributed by atoms with Crippen LogP contribution in [0.1, 0.15) is 46.4 Å². The van der Waals surface area contributed by atoms with Crippen molar-refractivity contribution >= 4 is 81.6 Å². The lowest BCUT2D eigenvalue weighted by Crippen LogP contribution is -2.54. The average Bonchev–Trinajstić information content (AvgIpc) is 3.48. The molecular weight excluding hydrogens is 774 g/mol. The van der Waals surface area contributed by atoms with E-state index in [4.69, 9.17) is 21.1 Å². The quantitative estimate of drug-likeness (QED) is 0.0759. The van der Waals surface area contributed by atoms with Crippen molar-refractivity contribution in [2.24, 2.45) is 0 Å². The van der Waals surface area contributed by atoms with Gasteiger partial charge in [-0.2, -0.15) is 4.98 Å². The topological polar surface area (TPSA) is 179 Å². The van der Waals surface area contributed by atoms with Crippen LogP contribution in [0.15, 0.2) is 66.9 Å². The summed E-state index contributed by atoms with van der Waals surface area (Å²) in [5, 5.41) is 8.99. The number of fused-ring (bicyclic) bond motifs is 1. The molecule has 3 aliphatic heterocycles. The van der Waals surface area contributed by atoms with Gasteiger partial charge in [0.25, 0.3) is 11.8 Å². The summed E-state index contributed by atoms with van der Waals surface area (Å²) < 4.78 is 24.8. The minimum absolute atomic E-state index is 0.0617. The first-order chi connectivity index (χ1) is 27.6. The van der Waals surface area contributed by atoms with Gasteiger partial charge in [0.1, 0.15) is 34.4 Å². The Kier molecular flexibility index (Phi) is 12.2. The molecule has 0 bridgehead atoms. The molecule has 4 aromatic rings. The van der Waals surface area contributed by atoms with Crippen LogP contribution in [0.3, 0.4) is 0 Å². The molecule has 3 aromatic carbocycles. The zero-order valence-electron chi connectivity index (χ0n) is 31.4. The summed E-state index contributed by atoms with van der Waals surface area (Å²) in [5.74, 6) is -0.558. The number of aromatic nitrogens is 2. The van der Waals surface area contributed by atoms with Crippen molar-refractivity contribution in [1.29, 1.82) is 0 Å². The molecule has 2 fully saturated rings. The molecule has 7 rings (SSSR count). The summed E-state index contributed by atoms with van der Waals surface area (Å²) in [5.41, 5.74) is 3.46. The third-order valence-corrected chi connectivity index (χ3v) is 10.8. The Hall–Kier alpha value is -5.78. The van der Waals surface area contributed by atoms with Crippen LogP contribution in [0.5, 0.6) is 11.5 Å². The minimum Gasteiger partial charge on any atom is -0.494 e. The molecule has 18 heteroatoms. The average molecular weight is 816 g/mol. The molecule has 57 heavy (non-hydrogen) atoms. The predicted molar refractivity (Wildman–Crippen MR) is 217 cm³/mol. The number of hydrogen-bond acceptors (Lipinski definition) is 13. The van der Waals surface area contributed by atoms with E-state index < -0.39 is 29.7 Å². The normalized spacial score (nSPS) is 17.0. The van der Waals surface area contributed by atoms with E-state index in [0.717, 1.165) is 56.2 Å². The van der Waals surface area contributed by atoms with Crippen LogP contribution >= 0.6 is 11.6 Å². The molecule has 3 N–H and O–H groups in total. The van der Waals surface area contributed by atoms with Crippen LogP contribution in [0, 0.1) is 0 Å². The van der Waals surface area contributed by atoms with Crippen molar-refractivity contribution < 1.29 is 32.9 Å². The van der Waals surface area contributed by atoms with Crippen LogP contribution in [0.2, 0.25) is 5.02 Å². The Balaban J connectivity index is 0.885. The van der Waals surface area contributed by atoms with Crippen molar-refractivity contribution in [2.45, 2.75) is 31.7 Å². The Morgan fingerprint density at radius 1 is 0.947 bits per heavy atom. The highest BCUT2D eigenvalue weighted by molar-refractivity contribution is 7.67. The van der Waals surface area contributed by atoms with Crippen LogP contribution in [-0.2, 0) is 21.4 Å². The van der Waals surface area contributed by atoms with E-state index in [2.05, 4.69) is 35.7 Å². The van der Waals surface area contributed by atoms with Gasteiger partial charge in [-0.15, -0.1) is 0 Å². The fraction of sp³-hybridized carbons (Fsp3) is 0.333. The molecule has 4 heterocycles. The Labute approximate surface area is 338 Å². The number of methoxy groups -OCH3 is 1. The van der Waals surface area contributed by atoms with Crippen molar-refractivity contribution in [1.82, 2.24) is 25.1 Å². The van der Waals surface area contributed by atoms with Gasteiger partial charge in [-0.25, -0.2) is 9.19 Å². The van der Waals surface area contributed by atoms with Gasteiger partial charge in [-0.3, -0.25) is 38.6 Å². The number of thiol groups is 1. The number of piperidine rings is 1. The van der Waals surface area contributed by atoms with Crippen molar-refractivity contribution in [3.63, 3.8) is 0 Å². The van der Waals surface area contributed by atoms with Gasteiger partial charge in [0, 0.05) is 51.4 Å². The molecule has 1 aromatic heterocycles. The number of amides is 4. The lowest BCUT2D eigenvalue weighted by molar-refractivity contribution is -0.136. The van der Waals surface area contributed by atoms with Crippen LogP contribution in [0.4, 0.5) is 34.5 Å². The number of nitrogens with one attached hydrogen (secondary N) is 3. The fourth-order valence-electron chi connectivity index (χ4n) is 7.10. The SMILES string of the molecule is COc1cc(N2CCN(CCCCOc3cccc4c3C(=O)N(C3CCC(=O)NC3=O)C4=O)CC2)ccc1Nc1ncc(Cl)c(Nc2ccccc2N(C)[SH]=O)n1. The van der Waals surface area contributed by atoms with Crippen LogP contribution in [0.25, 0.3) is 0 Å². The lowest BCUT2D eigenvalue weighted by atomic mass is 10.0. The first-order valence-electron chi connectivity index (χ1n) is 18.5. The number of unbranched alkanes of at least 4 members (excludes halogenated alkanes) is 1. The maximum absolute atomic E-state index is 13.3. The lowest BCUT2D eigenvalue weighted by Gasteiger charge is -2.36. The van der Waals surface area contributed by atoms with E-state index in [1.54, 1.807) is 36.7 Å². The predicted octanol–water partition coefficient (Wildman–Crippen LogP) is 4.30. The zero-order valence-corrected chi connectivity index (χ0v) is 33.0. The van der Waals surface area contributed by atoms with Gasteiger partial charge >= 0.3 is 0 Å². The number of carbonyl (C=O) groups excluding carboxylic acids is 4. The van der Waals surface area contributed by atoms with E-state index in [9.17, 15) is 23.4 Å². The second-order valence-electron chi connectivity index (χ2n) is 13.7. The molecular formula is C39H42ClN9O7S.